The molecule has 5 nitrogen and oxygen atoms in total. The summed E-state index contributed by atoms with van der Waals surface area (Å²) in [6, 6.07) is 7.46. The summed E-state index contributed by atoms with van der Waals surface area (Å²) < 4.78 is 0. The number of anilines is 1. The molecule has 1 N–H and O–H groups in total. The van der Waals surface area contributed by atoms with Gasteiger partial charge in [-0.15, -0.1) is 10.2 Å². The standard InChI is InChI=1S/C9H10ClN5/c1-15-13-9(12-14-15)6-11-8-4-2-7(10)3-5-8/h2-5,11H,6H2,1H3. The molecular weight excluding hydrogens is 214 g/mol. The molecule has 78 valence electrons. The number of aromatic nitrogens is 4. The van der Waals surface area contributed by atoms with Gasteiger partial charge in [0.05, 0.1) is 13.6 Å². The molecule has 1 aromatic carbocycles. The van der Waals surface area contributed by atoms with Crippen LogP contribution in [0, 0.1) is 0 Å². The highest BCUT2D eigenvalue weighted by Crippen LogP contribution is 2.13. The number of hydrogen-bond acceptors (Lipinski definition) is 4. The van der Waals surface area contributed by atoms with Crippen LogP contribution in [-0.4, -0.2) is 20.2 Å². The summed E-state index contributed by atoms with van der Waals surface area (Å²) in [4.78, 5) is 1.43. The van der Waals surface area contributed by atoms with Crippen molar-refractivity contribution in [1.82, 2.24) is 20.2 Å². The average Bonchev–Trinajstić information content (AvgIpc) is 2.64. The van der Waals surface area contributed by atoms with Gasteiger partial charge < -0.3 is 5.32 Å². The van der Waals surface area contributed by atoms with Gasteiger partial charge in [-0.3, -0.25) is 0 Å². The third-order valence-corrected chi connectivity index (χ3v) is 2.10. The molecule has 0 bridgehead atoms. The Labute approximate surface area is 92.1 Å². The maximum absolute atomic E-state index is 5.77. The molecule has 0 spiro atoms. The largest absolute Gasteiger partial charge is 0.378 e. The molecule has 2 aromatic rings. The quantitative estimate of drug-likeness (QED) is 0.856. The van der Waals surface area contributed by atoms with E-state index in [0.717, 1.165) is 10.7 Å². The van der Waals surface area contributed by atoms with Gasteiger partial charge in [0.25, 0.3) is 0 Å². The van der Waals surface area contributed by atoms with Gasteiger partial charge in [0.2, 0.25) is 0 Å². The van der Waals surface area contributed by atoms with Gasteiger partial charge in [0.15, 0.2) is 5.82 Å². The molecule has 2 rings (SSSR count). The molecule has 1 aromatic heterocycles. The summed E-state index contributed by atoms with van der Waals surface area (Å²) in [7, 11) is 1.73. The number of nitrogens with one attached hydrogen (secondary N) is 1. The number of tetrazole rings is 1. The van der Waals surface area contributed by atoms with E-state index in [4.69, 9.17) is 11.6 Å². The van der Waals surface area contributed by atoms with Crippen LogP contribution < -0.4 is 5.32 Å². The fourth-order valence-corrected chi connectivity index (χ4v) is 1.27. The number of benzene rings is 1. The van der Waals surface area contributed by atoms with Gasteiger partial charge in [-0.2, -0.15) is 4.80 Å². The van der Waals surface area contributed by atoms with Crippen molar-refractivity contribution >= 4 is 17.3 Å². The first-order valence-electron chi connectivity index (χ1n) is 4.46. The van der Waals surface area contributed by atoms with Crippen LogP contribution >= 0.6 is 11.6 Å². The van der Waals surface area contributed by atoms with Crippen LogP contribution in [0.25, 0.3) is 0 Å². The zero-order chi connectivity index (χ0) is 10.7. The molecule has 0 amide bonds. The molecule has 15 heavy (non-hydrogen) atoms. The summed E-state index contributed by atoms with van der Waals surface area (Å²) in [6.45, 7) is 0.551. The topological polar surface area (TPSA) is 55.6 Å². The lowest BCUT2D eigenvalue weighted by Crippen LogP contribution is -2.01. The highest BCUT2D eigenvalue weighted by atomic mass is 35.5. The number of hydrogen-bond donors (Lipinski definition) is 1. The average molecular weight is 224 g/mol. The first-order valence-corrected chi connectivity index (χ1v) is 4.84. The number of nitrogens with zero attached hydrogens (tertiary/aromatic N) is 4. The molecule has 0 radical (unpaired) electrons. The van der Waals surface area contributed by atoms with Crippen molar-refractivity contribution in [3.05, 3.63) is 35.1 Å². The fraction of sp³-hybridized carbons (Fsp3) is 0.222. The maximum Gasteiger partial charge on any atom is 0.193 e. The van der Waals surface area contributed by atoms with Crippen molar-refractivity contribution in [3.63, 3.8) is 0 Å². The summed E-state index contributed by atoms with van der Waals surface area (Å²) in [5.74, 6) is 0.660. The Balaban J connectivity index is 1.96. The van der Waals surface area contributed by atoms with Gasteiger partial charge in [-0.05, 0) is 29.5 Å². The lowest BCUT2D eigenvalue weighted by Gasteiger charge is -2.02. The minimum atomic E-state index is 0.551. The maximum atomic E-state index is 5.77. The fourth-order valence-electron chi connectivity index (χ4n) is 1.14. The minimum absolute atomic E-state index is 0.551. The molecule has 0 aliphatic heterocycles. The van der Waals surface area contributed by atoms with Gasteiger partial charge in [-0.25, -0.2) is 0 Å². The third kappa shape index (κ3) is 2.66. The van der Waals surface area contributed by atoms with Crippen molar-refractivity contribution in [2.75, 3.05) is 5.32 Å². The Bertz CT molecular complexity index is 436. The van der Waals surface area contributed by atoms with Gasteiger partial charge in [-0.1, -0.05) is 11.6 Å². The van der Waals surface area contributed by atoms with E-state index in [1.165, 1.54) is 4.80 Å². The van der Waals surface area contributed by atoms with E-state index in [1.54, 1.807) is 7.05 Å². The van der Waals surface area contributed by atoms with Crippen LogP contribution in [0.5, 0.6) is 0 Å². The lowest BCUT2D eigenvalue weighted by molar-refractivity contribution is 0.628. The van der Waals surface area contributed by atoms with Crippen molar-refractivity contribution in [2.24, 2.45) is 7.05 Å². The third-order valence-electron chi connectivity index (χ3n) is 1.84. The second kappa shape index (κ2) is 4.27. The highest BCUT2D eigenvalue weighted by molar-refractivity contribution is 6.30. The smallest absolute Gasteiger partial charge is 0.193 e. The van der Waals surface area contributed by atoms with Crippen molar-refractivity contribution in [2.45, 2.75) is 6.54 Å². The predicted molar refractivity (Wildman–Crippen MR) is 57.6 cm³/mol. The molecule has 0 aliphatic rings. The zero-order valence-corrected chi connectivity index (χ0v) is 8.94. The van der Waals surface area contributed by atoms with E-state index >= 15 is 0 Å². The van der Waals surface area contributed by atoms with E-state index in [2.05, 4.69) is 20.7 Å². The van der Waals surface area contributed by atoms with Crippen LogP contribution in [0.1, 0.15) is 5.82 Å². The summed E-state index contributed by atoms with van der Waals surface area (Å²) in [5.41, 5.74) is 0.979. The predicted octanol–water partition coefficient (Wildman–Crippen LogP) is 1.48. The van der Waals surface area contributed by atoms with E-state index in [1.807, 2.05) is 24.3 Å². The Morgan fingerprint density at radius 3 is 2.67 bits per heavy atom. The Hall–Kier alpha value is -1.62. The molecule has 0 fully saturated rings. The monoisotopic (exact) mass is 223 g/mol. The SMILES string of the molecule is Cn1nnc(CNc2ccc(Cl)cc2)n1. The molecule has 0 saturated carbocycles. The number of rotatable bonds is 3. The van der Waals surface area contributed by atoms with Gasteiger partial charge >= 0.3 is 0 Å². The Morgan fingerprint density at radius 1 is 1.33 bits per heavy atom. The molecular formula is C9H10ClN5. The second-order valence-corrected chi connectivity index (χ2v) is 3.49. The highest BCUT2D eigenvalue weighted by Gasteiger charge is 1.99. The molecule has 1 heterocycles. The van der Waals surface area contributed by atoms with Crippen LogP contribution in [0.15, 0.2) is 24.3 Å². The summed E-state index contributed by atoms with van der Waals surface area (Å²) in [6.07, 6.45) is 0. The van der Waals surface area contributed by atoms with E-state index in [-0.39, 0.29) is 0 Å². The van der Waals surface area contributed by atoms with Gasteiger partial charge in [0, 0.05) is 10.7 Å². The van der Waals surface area contributed by atoms with E-state index in [9.17, 15) is 0 Å². The first-order chi connectivity index (χ1) is 7.24. The molecule has 0 unspecified atom stereocenters. The number of aryl methyl sites for hydroxylation is 1. The van der Waals surface area contributed by atoms with Crippen LogP contribution in [0.2, 0.25) is 5.02 Å². The molecule has 6 heteroatoms. The van der Waals surface area contributed by atoms with Crippen LogP contribution in [0.4, 0.5) is 5.69 Å². The van der Waals surface area contributed by atoms with Crippen LogP contribution in [0.3, 0.4) is 0 Å². The summed E-state index contributed by atoms with van der Waals surface area (Å²) >= 11 is 5.77. The van der Waals surface area contributed by atoms with Crippen molar-refractivity contribution in [3.8, 4) is 0 Å². The van der Waals surface area contributed by atoms with Gasteiger partial charge in [0.1, 0.15) is 0 Å². The summed E-state index contributed by atoms with van der Waals surface area (Å²) in [5, 5.41) is 15.5. The van der Waals surface area contributed by atoms with Crippen molar-refractivity contribution in [1.29, 1.82) is 0 Å². The number of halogens is 1. The molecule has 0 saturated heterocycles. The van der Waals surface area contributed by atoms with E-state index in [0.29, 0.717) is 12.4 Å². The van der Waals surface area contributed by atoms with Crippen molar-refractivity contribution < 1.29 is 0 Å². The Morgan fingerprint density at radius 2 is 2.07 bits per heavy atom. The van der Waals surface area contributed by atoms with E-state index < -0.39 is 0 Å². The minimum Gasteiger partial charge on any atom is -0.378 e. The zero-order valence-electron chi connectivity index (χ0n) is 8.18. The second-order valence-electron chi connectivity index (χ2n) is 3.06. The normalized spacial score (nSPS) is 10.3. The Kier molecular flexibility index (Phi) is 2.82. The molecule has 0 atom stereocenters. The molecule has 0 aliphatic carbocycles. The first kappa shape index (κ1) is 9.92. The van der Waals surface area contributed by atoms with Crippen LogP contribution in [-0.2, 0) is 13.6 Å². The lowest BCUT2D eigenvalue weighted by atomic mass is 10.3.